The van der Waals surface area contributed by atoms with E-state index in [-0.39, 0.29) is 31.6 Å². The monoisotopic (exact) mass is 735 g/mol. The minimum atomic E-state index is -1.90. The van der Waals surface area contributed by atoms with Crippen molar-refractivity contribution in [1.29, 1.82) is 0 Å². The Morgan fingerprint density at radius 1 is 1.04 bits per heavy atom. The van der Waals surface area contributed by atoms with E-state index in [9.17, 15) is 24.9 Å². The van der Waals surface area contributed by atoms with Crippen LogP contribution in [-0.4, -0.2) is 126 Å². The third-order valence-electron chi connectivity index (χ3n) is 11.1. The summed E-state index contributed by atoms with van der Waals surface area (Å²) in [6.07, 6.45) is -4.95. The summed E-state index contributed by atoms with van der Waals surface area (Å²) < 4.78 is 24.8. The third-order valence-corrected chi connectivity index (χ3v) is 11.1. The van der Waals surface area contributed by atoms with Gasteiger partial charge in [0.2, 0.25) is 0 Å². The summed E-state index contributed by atoms with van der Waals surface area (Å²) in [5.74, 6) is -4.65. The van der Waals surface area contributed by atoms with Crippen LogP contribution in [0.25, 0.3) is 0 Å². The third kappa shape index (κ3) is 10.6. The molecule has 52 heavy (non-hydrogen) atoms. The van der Waals surface area contributed by atoms with E-state index < -0.39 is 77.3 Å². The summed E-state index contributed by atoms with van der Waals surface area (Å²) >= 11 is 0. The number of cyclic esters (lactones) is 1. The van der Waals surface area contributed by atoms with Gasteiger partial charge in [-0.25, -0.2) is 0 Å². The van der Waals surface area contributed by atoms with Gasteiger partial charge in [-0.3, -0.25) is 9.59 Å². The fourth-order valence-electron chi connectivity index (χ4n) is 7.68. The first-order valence-electron chi connectivity index (χ1n) is 18.7. The van der Waals surface area contributed by atoms with Gasteiger partial charge in [-0.15, -0.1) is 0 Å². The maximum Gasteiger partial charge on any atom is 0.316 e. The van der Waals surface area contributed by atoms with Crippen molar-refractivity contribution in [2.75, 3.05) is 34.4 Å². The van der Waals surface area contributed by atoms with Crippen LogP contribution >= 0.6 is 0 Å². The predicted molar refractivity (Wildman–Crippen MR) is 197 cm³/mol. The highest BCUT2D eigenvalue weighted by Gasteiger charge is 2.51. The lowest BCUT2D eigenvalue weighted by Gasteiger charge is -2.47. The van der Waals surface area contributed by atoms with E-state index in [4.69, 9.17) is 23.8 Å². The topological polar surface area (TPSA) is 169 Å². The Morgan fingerprint density at radius 2 is 1.69 bits per heavy atom. The number of benzene rings is 1. The first kappa shape index (κ1) is 43.9. The van der Waals surface area contributed by atoms with Gasteiger partial charge in [0.15, 0.2) is 12.1 Å². The number of oxime groups is 1. The van der Waals surface area contributed by atoms with Crippen molar-refractivity contribution in [2.24, 2.45) is 28.8 Å². The molecule has 1 unspecified atom stereocenters. The number of aliphatic hydroxyl groups is 3. The first-order valence-corrected chi connectivity index (χ1v) is 18.7. The number of likely N-dealkylation sites (N-methyl/N-ethyl adjacent to an activating group) is 1. The van der Waals surface area contributed by atoms with Gasteiger partial charge in [-0.1, -0.05) is 63.2 Å². The summed E-state index contributed by atoms with van der Waals surface area (Å²) in [5, 5.41) is 42.8. The molecule has 2 saturated heterocycles. The second kappa shape index (κ2) is 19.2. The Bertz CT molecular complexity index is 1310. The Kier molecular flexibility index (Phi) is 16.2. The molecular weight excluding hydrogens is 670 g/mol. The molecule has 0 saturated carbocycles. The first-order chi connectivity index (χ1) is 24.4. The van der Waals surface area contributed by atoms with E-state index in [0.717, 1.165) is 5.56 Å². The number of hydrogen-bond donors (Lipinski definition) is 4. The minimum absolute atomic E-state index is 0.181. The second-order valence-electron chi connectivity index (χ2n) is 15.5. The number of ketones is 1. The van der Waals surface area contributed by atoms with Crippen molar-refractivity contribution >= 4 is 17.5 Å². The van der Waals surface area contributed by atoms with Crippen molar-refractivity contribution in [3.63, 3.8) is 0 Å². The number of nitrogens with zero attached hydrogens (tertiary/aromatic N) is 2. The Labute approximate surface area is 310 Å². The summed E-state index contributed by atoms with van der Waals surface area (Å²) in [5.41, 5.74) is -1.53. The Hall–Kier alpha value is -2.49. The van der Waals surface area contributed by atoms with Gasteiger partial charge in [-0.05, 0) is 66.6 Å². The maximum atomic E-state index is 14.1. The average molecular weight is 736 g/mol. The molecule has 0 aliphatic carbocycles. The van der Waals surface area contributed by atoms with E-state index in [0.29, 0.717) is 25.2 Å². The molecule has 0 amide bonds. The van der Waals surface area contributed by atoms with Gasteiger partial charge >= 0.3 is 5.97 Å². The van der Waals surface area contributed by atoms with Gasteiger partial charge in [0.25, 0.3) is 0 Å². The molecule has 1 aromatic rings. The number of carbonyl (C=O) groups is 2. The van der Waals surface area contributed by atoms with Gasteiger partial charge in [0.05, 0.1) is 29.6 Å². The summed E-state index contributed by atoms with van der Waals surface area (Å²) in [4.78, 5) is 35.4. The van der Waals surface area contributed by atoms with Crippen molar-refractivity contribution in [3.8, 4) is 0 Å². The van der Waals surface area contributed by atoms with Crippen LogP contribution in [0.3, 0.4) is 0 Å². The van der Waals surface area contributed by atoms with Crippen LogP contribution in [0.1, 0.15) is 80.2 Å². The van der Waals surface area contributed by atoms with Gasteiger partial charge in [-0.2, -0.15) is 0 Å². The Morgan fingerprint density at radius 3 is 2.29 bits per heavy atom. The number of carbonyl (C=O) groups excluding carboxylic acids is 2. The molecule has 13 heteroatoms. The number of nitrogens with one attached hydrogen (secondary N) is 1. The molecule has 2 aliphatic rings. The largest absolute Gasteiger partial charge is 0.459 e. The zero-order valence-corrected chi connectivity index (χ0v) is 33.1. The van der Waals surface area contributed by atoms with Crippen LogP contribution in [0.15, 0.2) is 35.5 Å². The number of methoxy groups -OCH3 is 1. The molecule has 2 aliphatic heterocycles. The summed E-state index contributed by atoms with van der Waals surface area (Å²) in [6, 6.07) is 9.71. The number of esters is 1. The highest BCUT2D eigenvalue weighted by molar-refractivity contribution is 6.00. The predicted octanol–water partition coefficient (Wildman–Crippen LogP) is 3.32. The van der Waals surface area contributed by atoms with Gasteiger partial charge in [0, 0.05) is 44.0 Å². The van der Waals surface area contributed by atoms with Crippen LogP contribution in [0, 0.1) is 23.7 Å². The number of rotatable bonds is 11. The highest BCUT2D eigenvalue weighted by atomic mass is 16.7. The summed E-state index contributed by atoms with van der Waals surface area (Å²) in [7, 11) is 5.28. The second-order valence-corrected chi connectivity index (χ2v) is 15.5. The normalized spacial score (nSPS) is 39.3. The molecule has 4 N–H and O–H groups in total. The van der Waals surface area contributed by atoms with E-state index in [1.165, 1.54) is 21.0 Å². The van der Waals surface area contributed by atoms with Crippen LogP contribution in [0.4, 0.5) is 0 Å². The molecule has 13 atom stereocenters. The molecule has 3 rings (SSSR count). The fraction of sp³-hybridized carbons (Fsp3) is 0.769. The zero-order valence-electron chi connectivity index (χ0n) is 33.1. The molecule has 2 heterocycles. The molecule has 296 valence electrons. The minimum Gasteiger partial charge on any atom is -0.459 e. The molecule has 0 radical (unpaired) electrons. The molecule has 2 fully saturated rings. The average Bonchev–Trinajstić information content (AvgIpc) is 3.11. The molecule has 0 aromatic heterocycles. The smallest absolute Gasteiger partial charge is 0.316 e. The number of hydrogen-bond acceptors (Lipinski definition) is 13. The quantitative estimate of drug-likeness (QED) is 0.114. The Balaban J connectivity index is 2.04. The molecule has 13 nitrogen and oxygen atoms in total. The van der Waals surface area contributed by atoms with Crippen LogP contribution < -0.4 is 5.32 Å². The maximum absolute atomic E-state index is 14.1. The van der Waals surface area contributed by atoms with Gasteiger partial charge < -0.3 is 49.3 Å². The fourth-order valence-corrected chi connectivity index (χ4v) is 7.68. The van der Waals surface area contributed by atoms with Crippen molar-refractivity contribution < 1.29 is 48.7 Å². The van der Waals surface area contributed by atoms with E-state index in [2.05, 4.69) is 10.5 Å². The van der Waals surface area contributed by atoms with E-state index in [1.54, 1.807) is 20.8 Å². The molecule has 0 spiro atoms. The molecule has 0 bridgehead atoms. The standard InChI is InChI=1S/C39H65N3O10/c1-12-30-39(8,47)34(45)25(4)31(41-49-19-18-40-22-28-16-14-13-15-17-28)23(2)21-38(7,48-11)35(26(5)32(43)27(6)36(46)51-30)52-37-33(44)29(42(9)10)20-24(3)50-37/h13-17,23-27,29-30,33-35,37,40,44-45,47H,12,18-22H2,1-11H3/b41-31+/t23-,24-,25+,26+,27-,29+,30?,33-,34-,35-,37+,38-,39-/m1/s1. The number of ether oxygens (including phenoxy) is 4. The molecule has 1 aromatic carbocycles. The van der Waals surface area contributed by atoms with Crippen molar-refractivity contribution in [1.82, 2.24) is 10.2 Å². The lowest BCUT2D eigenvalue weighted by molar-refractivity contribution is -0.295. The lowest BCUT2D eigenvalue weighted by atomic mass is 9.74. The van der Waals surface area contributed by atoms with Crippen LogP contribution in [0.5, 0.6) is 0 Å². The zero-order chi connectivity index (χ0) is 39.0. The number of Topliss-reactive ketones (excluding diaryl/α,β-unsaturated/α-hetero) is 1. The van der Waals surface area contributed by atoms with Crippen LogP contribution in [0.2, 0.25) is 0 Å². The van der Waals surface area contributed by atoms with Crippen molar-refractivity contribution in [3.05, 3.63) is 35.9 Å². The van der Waals surface area contributed by atoms with Gasteiger partial charge in [0.1, 0.15) is 30.3 Å². The van der Waals surface area contributed by atoms with E-state index >= 15 is 0 Å². The lowest BCUT2D eigenvalue weighted by Crippen LogP contribution is -2.60. The summed E-state index contributed by atoms with van der Waals surface area (Å²) in [6.45, 7) is 15.1. The van der Waals surface area contributed by atoms with Crippen molar-refractivity contribution in [2.45, 2.75) is 135 Å². The van der Waals surface area contributed by atoms with E-state index in [1.807, 2.05) is 70.1 Å². The SMILES string of the molecule is CCC1OC(=O)[C@H](C)C(=O)[C@H](C)[C@@H](O[C@@H]2O[C@H](C)C[C@H](N(C)C)[C@H]2O)[C@](C)(OC)C[C@@H](C)/C(=N\OCCNCc2ccccc2)[C@H](C)[C@@H](O)[C@]1(C)O. The van der Waals surface area contributed by atoms with Crippen LogP contribution in [-0.2, 0) is 39.9 Å². The highest BCUT2D eigenvalue weighted by Crippen LogP contribution is 2.38. The molecular formula is C39H65N3O10. The number of aliphatic hydroxyl groups excluding tert-OH is 2.